The molecular formula is C13H23NO3S. The molecule has 2 unspecified atom stereocenters. The van der Waals surface area contributed by atoms with Crippen LogP contribution < -0.4 is 5.32 Å². The van der Waals surface area contributed by atoms with Gasteiger partial charge < -0.3 is 10.4 Å². The minimum Gasteiger partial charge on any atom is -0.480 e. The van der Waals surface area contributed by atoms with Crippen LogP contribution in [0, 0.1) is 0 Å². The van der Waals surface area contributed by atoms with Gasteiger partial charge in [0.25, 0.3) is 0 Å². The minimum atomic E-state index is -0.990. The van der Waals surface area contributed by atoms with Gasteiger partial charge in [-0.3, -0.25) is 4.79 Å². The van der Waals surface area contributed by atoms with Gasteiger partial charge in [-0.05, 0) is 31.9 Å². The van der Waals surface area contributed by atoms with Gasteiger partial charge >= 0.3 is 5.97 Å². The molecule has 1 amide bonds. The molecule has 104 valence electrons. The molecular weight excluding hydrogens is 250 g/mol. The summed E-state index contributed by atoms with van der Waals surface area (Å²) in [5.41, 5.74) is 0. The zero-order chi connectivity index (χ0) is 14.0. The van der Waals surface area contributed by atoms with Crippen LogP contribution in [-0.2, 0) is 9.59 Å². The van der Waals surface area contributed by atoms with Gasteiger partial charge in [-0.15, -0.1) is 18.3 Å². The minimum absolute atomic E-state index is 0.201. The third-order valence-electron chi connectivity index (χ3n) is 2.51. The SMILES string of the molecule is C=CCCC(NC(=O)C(C)SCCCC)C(=O)O. The fraction of sp³-hybridized carbons (Fsp3) is 0.692. The number of nitrogens with one attached hydrogen (secondary N) is 1. The number of carboxylic acid groups (broad SMARTS) is 1. The van der Waals surface area contributed by atoms with Crippen molar-refractivity contribution in [3.8, 4) is 0 Å². The first-order chi connectivity index (χ1) is 8.52. The predicted molar refractivity (Wildman–Crippen MR) is 75.8 cm³/mol. The largest absolute Gasteiger partial charge is 0.480 e. The highest BCUT2D eigenvalue weighted by atomic mass is 32.2. The summed E-state index contributed by atoms with van der Waals surface area (Å²) in [7, 11) is 0. The van der Waals surface area contributed by atoms with Crippen LogP contribution in [0.4, 0.5) is 0 Å². The van der Waals surface area contributed by atoms with Crippen molar-refractivity contribution in [2.24, 2.45) is 0 Å². The van der Waals surface area contributed by atoms with Crippen LogP contribution in [0.15, 0.2) is 12.7 Å². The topological polar surface area (TPSA) is 66.4 Å². The molecule has 0 rings (SSSR count). The van der Waals surface area contributed by atoms with Gasteiger partial charge in [0.2, 0.25) is 5.91 Å². The molecule has 2 N–H and O–H groups in total. The van der Waals surface area contributed by atoms with Gasteiger partial charge in [-0.1, -0.05) is 19.4 Å². The first-order valence-electron chi connectivity index (χ1n) is 6.28. The lowest BCUT2D eigenvalue weighted by molar-refractivity contribution is -0.141. The van der Waals surface area contributed by atoms with Crippen molar-refractivity contribution in [2.45, 2.75) is 50.8 Å². The van der Waals surface area contributed by atoms with Crippen LogP contribution in [-0.4, -0.2) is 34.0 Å². The lowest BCUT2D eigenvalue weighted by Crippen LogP contribution is -2.44. The van der Waals surface area contributed by atoms with Crippen LogP contribution in [0.5, 0.6) is 0 Å². The number of hydrogen-bond acceptors (Lipinski definition) is 3. The number of unbranched alkanes of at least 4 members (excludes halogenated alkanes) is 1. The highest BCUT2D eigenvalue weighted by Crippen LogP contribution is 2.13. The van der Waals surface area contributed by atoms with E-state index in [2.05, 4.69) is 18.8 Å². The van der Waals surface area contributed by atoms with Gasteiger partial charge in [0, 0.05) is 0 Å². The van der Waals surface area contributed by atoms with Gasteiger partial charge in [-0.25, -0.2) is 4.79 Å². The molecule has 0 aromatic carbocycles. The van der Waals surface area contributed by atoms with E-state index in [0.717, 1.165) is 18.6 Å². The van der Waals surface area contributed by atoms with E-state index in [0.29, 0.717) is 12.8 Å². The van der Waals surface area contributed by atoms with Crippen LogP contribution in [0.3, 0.4) is 0 Å². The summed E-state index contributed by atoms with van der Waals surface area (Å²) < 4.78 is 0. The molecule has 2 atom stereocenters. The number of aliphatic carboxylic acids is 1. The maximum atomic E-state index is 11.8. The van der Waals surface area contributed by atoms with Crippen molar-refractivity contribution in [2.75, 3.05) is 5.75 Å². The molecule has 0 fully saturated rings. The molecule has 0 radical (unpaired) electrons. The first-order valence-corrected chi connectivity index (χ1v) is 7.33. The summed E-state index contributed by atoms with van der Waals surface area (Å²) in [6.07, 6.45) is 4.78. The molecule has 0 heterocycles. The monoisotopic (exact) mass is 273 g/mol. The van der Waals surface area contributed by atoms with Gasteiger partial charge in [-0.2, -0.15) is 0 Å². The highest BCUT2D eigenvalue weighted by Gasteiger charge is 2.22. The Morgan fingerprint density at radius 1 is 1.50 bits per heavy atom. The van der Waals surface area contributed by atoms with Crippen molar-refractivity contribution in [3.63, 3.8) is 0 Å². The number of carbonyl (C=O) groups excluding carboxylic acids is 1. The molecule has 0 aliphatic rings. The molecule has 0 saturated carbocycles. The van der Waals surface area contributed by atoms with E-state index in [1.54, 1.807) is 17.8 Å². The number of amides is 1. The quantitative estimate of drug-likeness (QED) is 0.474. The van der Waals surface area contributed by atoms with E-state index in [-0.39, 0.29) is 11.2 Å². The van der Waals surface area contributed by atoms with Crippen molar-refractivity contribution in [1.29, 1.82) is 0 Å². The Hall–Kier alpha value is -0.970. The maximum Gasteiger partial charge on any atom is 0.326 e. The average molecular weight is 273 g/mol. The number of rotatable bonds is 10. The molecule has 0 aromatic heterocycles. The summed E-state index contributed by atoms with van der Waals surface area (Å²) in [5, 5.41) is 11.4. The second kappa shape index (κ2) is 10.00. The van der Waals surface area contributed by atoms with Crippen molar-refractivity contribution >= 4 is 23.6 Å². The van der Waals surface area contributed by atoms with E-state index >= 15 is 0 Å². The third kappa shape index (κ3) is 7.37. The Bertz CT molecular complexity index is 281. The zero-order valence-corrected chi connectivity index (χ0v) is 12.0. The van der Waals surface area contributed by atoms with E-state index in [9.17, 15) is 9.59 Å². The van der Waals surface area contributed by atoms with Crippen molar-refractivity contribution in [1.82, 2.24) is 5.32 Å². The summed E-state index contributed by atoms with van der Waals surface area (Å²) in [6, 6.07) is -0.815. The second-order valence-electron chi connectivity index (χ2n) is 4.13. The summed E-state index contributed by atoms with van der Waals surface area (Å²) in [5.74, 6) is -0.265. The Balaban J connectivity index is 4.14. The van der Waals surface area contributed by atoms with Gasteiger partial charge in [0.15, 0.2) is 0 Å². The summed E-state index contributed by atoms with van der Waals surface area (Å²) in [6.45, 7) is 7.45. The highest BCUT2D eigenvalue weighted by molar-refractivity contribution is 8.00. The standard InChI is InChI=1S/C13H23NO3S/c1-4-6-8-11(13(16)17)14-12(15)10(3)18-9-7-5-2/h4,10-11H,1,5-9H2,2-3H3,(H,14,15)(H,16,17). The second-order valence-corrected chi connectivity index (χ2v) is 5.58. The lowest BCUT2D eigenvalue weighted by atomic mass is 10.1. The molecule has 18 heavy (non-hydrogen) atoms. The molecule has 0 bridgehead atoms. The Kier molecular flexibility index (Phi) is 9.46. The molecule has 0 aliphatic heterocycles. The smallest absolute Gasteiger partial charge is 0.326 e. The van der Waals surface area contributed by atoms with Gasteiger partial charge in [0.05, 0.1) is 5.25 Å². The van der Waals surface area contributed by atoms with E-state index in [1.807, 2.05) is 6.92 Å². The van der Waals surface area contributed by atoms with E-state index in [4.69, 9.17) is 5.11 Å². The summed E-state index contributed by atoms with van der Waals surface area (Å²) in [4.78, 5) is 22.8. The van der Waals surface area contributed by atoms with Crippen LogP contribution in [0.1, 0.15) is 39.5 Å². The number of allylic oxidation sites excluding steroid dienone is 1. The molecule has 0 spiro atoms. The molecule has 0 saturated heterocycles. The van der Waals surface area contributed by atoms with E-state index in [1.165, 1.54) is 0 Å². The van der Waals surface area contributed by atoms with Gasteiger partial charge in [0.1, 0.15) is 6.04 Å². The fourth-order valence-electron chi connectivity index (χ4n) is 1.31. The fourth-order valence-corrected chi connectivity index (χ4v) is 2.34. The number of carboxylic acids is 1. The van der Waals surface area contributed by atoms with Crippen LogP contribution in [0.2, 0.25) is 0 Å². The van der Waals surface area contributed by atoms with Crippen molar-refractivity contribution < 1.29 is 14.7 Å². The summed E-state index contributed by atoms with van der Waals surface area (Å²) >= 11 is 1.56. The van der Waals surface area contributed by atoms with Crippen molar-refractivity contribution in [3.05, 3.63) is 12.7 Å². The third-order valence-corrected chi connectivity index (χ3v) is 3.75. The number of thioether (sulfide) groups is 1. The Morgan fingerprint density at radius 2 is 2.17 bits per heavy atom. The molecule has 0 aromatic rings. The normalized spacial score (nSPS) is 13.7. The lowest BCUT2D eigenvalue weighted by Gasteiger charge is -2.17. The van der Waals surface area contributed by atoms with E-state index < -0.39 is 12.0 Å². The Morgan fingerprint density at radius 3 is 2.67 bits per heavy atom. The van der Waals surface area contributed by atoms with Crippen LogP contribution in [0.25, 0.3) is 0 Å². The van der Waals surface area contributed by atoms with Crippen LogP contribution >= 0.6 is 11.8 Å². The first kappa shape index (κ1) is 17.0. The number of carbonyl (C=O) groups is 2. The Labute approximate surface area is 113 Å². The predicted octanol–water partition coefficient (Wildman–Crippen LogP) is 2.44. The molecule has 5 heteroatoms. The molecule has 0 aliphatic carbocycles. The number of hydrogen-bond donors (Lipinski definition) is 2. The molecule has 4 nitrogen and oxygen atoms in total. The average Bonchev–Trinajstić information content (AvgIpc) is 2.33. The maximum absolute atomic E-state index is 11.8. The zero-order valence-electron chi connectivity index (χ0n) is 11.1.